The van der Waals surface area contributed by atoms with Gasteiger partial charge in [-0.3, -0.25) is 4.79 Å². The average Bonchev–Trinajstić information content (AvgIpc) is 2.79. The summed E-state index contributed by atoms with van der Waals surface area (Å²) in [4.78, 5) is 11.3. The third-order valence-corrected chi connectivity index (χ3v) is 2.19. The summed E-state index contributed by atoms with van der Waals surface area (Å²) in [5.74, 6) is -0.285. The first-order valence-electron chi connectivity index (χ1n) is 5.42. The van der Waals surface area contributed by atoms with E-state index in [9.17, 15) is 4.79 Å². The number of hydrogen-bond donors (Lipinski definition) is 0. The van der Waals surface area contributed by atoms with Crippen molar-refractivity contribution in [2.45, 2.75) is 13.3 Å². The van der Waals surface area contributed by atoms with Crippen molar-refractivity contribution in [1.29, 1.82) is 0 Å². The molecule has 5 heteroatoms. The van der Waals surface area contributed by atoms with Crippen molar-refractivity contribution in [3.63, 3.8) is 0 Å². The van der Waals surface area contributed by atoms with Crippen LogP contribution in [0.1, 0.15) is 12.6 Å². The second kappa shape index (κ2) is 5.25. The van der Waals surface area contributed by atoms with Gasteiger partial charge >= 0.3 is 5.97 Å². The molecule has 0 aliphatic rings. The molecule has 0 unspecified atom stereocenters. The Morgan fingerprint density at radius 2 is 2.12 bits per heavy atom. The summed E-state index contributed by atoms with van der Waals surface area (Å²) in [6, 6.07) is 9.61. The molecule has 88 valence electrons. The summed E-state index contributed by atoms with van der Waals surface area (Å²) in [7, 11) is 0. The zero-order chi connectivity index (χ0) is 12.1. The van der Waals surface area contributed by atoms with Crippen LogP contribution in [-0.4, -0.2) is 27.6 Å². The predicted octanol–water partition coefficient (Wildman–Crippen LogP) is 1.37. The van der Waals surface area contributed by atoms with Crippen LogP contribution in [-0.2, 0) is 16.0 Å². The molecule has 0 spiro atoms. The Balaban J connectivity index is 2.09. The van der Waals surface area contributed by atoms with Gasteiger partial charge in [0.15, 0.2) is 0 Å². The van der Waals surface area contributed by atoms with Gasteiger partial charge in [-0.05, 0) is 19.1 Å². The van der Waals surface area contributed by atoms with Gasteiger partial charge in [0.1, 0.15) is 0 Å². The van der Waals surface area contributed by atoms with E-state index < -0.39 is 0 Å². The fourth-order valence-electron chi connectivity index (χ4n) is 1.45. The normalized spacial score (nSPS) is 10.2. The topological polar surface area (TPSA) is 57.0 Å². The van der Waals surface area contributed by atoms with E-state index in [0.29, 0.717) is 12.3 Å². The monoisotopic (exact) mass is 231 g/mol. The number of carbonyl (C=O) groups excluding carboxylic acids is 1. The molecule has 1 heterocycles. The molecule has 0 bridgehead atoms. The summed E-state index contributed by atoms with van der Waals surface area (Å²) in [6.07, 6.45) is 1.88. The summed E-state index contributed by atoms with van der Waals surface area (Å²) in [5, 5.41) is 7.89. The van der Waals surface area contributed by atoms with Gasteiger partial charge in [0.05, 0.1) is 30.6 Å². The fourth-order valence-corrected chi connectivity index (χ4v) is 1.45. The lowest BCUT2D eigenvalue weighted by Crippen LogP contribution is -2.07. The molecule has 5 nitrogen and oxygen atoms in total. The van der Waals surface area contributed by atoms with Crippen molar-refractivity contribution in [1.82, 2.24) is 15.0 Å². The molecule has 2 aromatic rings. The van der Waals surface area contributed by atoms with Gasteiger partial charge in [-0.15, -0.1) is 5.10 Å². The van der Waals surface area contributed by atoms with Crippen LogP contribution in [0.25, 0.3) is 5.69 Å². The van der Waals surface area contributed by atoms with Gasteiger partial charge in [0.25, 0.3) is 0 Å². The molecule has 0 aliphatic heterocycles. The second-order valence-electron chi connectivity index (χ2n) is 3.47. The first kappa shape index (κ1) is 11.3. The van der Waals surface area contributed by atoms with Gasteiger partial charge < -0.3 is 4.74 Å². The van der Waals surface area contributed by atoms with Gasteiger partial charge in [-0.1, -0.05) is 23.4 Å². The molecular formula is C12H13N3O2. The highest BCUT2D eigenvalue weighted by molar-refractivity contribution is 5.71. The van der Waals surface area contributed by atoms with Crippen LogP contribution in [0.5, 0.6) is 0 Å². The first-order valence-corrected chi connectivity index (χ1v) is 5.42. The highest BCUT2D eigenvalue weighted by Crippen LogP contribution is 2.06. The Hall–Kier alpha value is -2.17. The maximum atomic E-state index is 11.3. The lowest BCUT2D eigenvalue weighted by molar-refractivity contribution is -0.142. The maximum absolute atomic E-state index is 11.3. The molecule has 0 radical (unpaired) electrons. The largest absolute Gasteiger partial charge is 0.466 e. The Morgan fingerprint density at radius 3 is 2.82 bits per heavy atom. The summed E-state index contributed by atoms with van der Waals surface area (Å²) in [5.41, 5.74) is 1.52. The van der Waals surface area contributed by atoms with Crippen LogP contribution < -0.4 is 0 Å². The Kier molecular flexibility index (Phi) is 3.49. The smallest absolute Gasteiger partial charge is 0.311 e. The van der Waals surface area contributed by atoms with E-state index in [1.807, 2.05) is 30.3 Å². The summed E-state index contributed by atoms with van der Waals surface area (Å²) < 4.78 is 6.48. The lowest BCUT2D eigenvalue weighted by atomic mass is 10.3. The number of benzene rings is 1. The van der Waals surface area contributed by atoms with E-state index >= 15 is 0 Å². The summed E-state index contributed by atoms with van der Waals surface area (Å²) >= 11 is 0. The molecule has 1 aromatic carbocycles. The van der Waals surface area contributed by atoms with Crippen LogP contribution in [0.15, 0.2) is 36.5 Å². The van der Waals surface area contributed by atoms with Gasteiger partial charge in [-0.25, -0.2) is 4.68 Å². The number of nitrogens with zero attached hydrogens (tertiary/aromatic N) is 3. The number of para-hydroxylation sites is 1. The van der Waals surface area contributed by atoms with Gasteiger partial charge in [0.2, 0.25) is 0 Å². The van der Waals surface area contributed by atoms with Crippen molar-refractivity contribution in [3.8, 4) is 5.69 Å². The lowest BCUT2D eigenvalue weighted by Gasteiger charge is -1.98. The molecule has 0 amide bonds. The van der Waals surface area contributed by atoms with Crippen LogP contribution in [0.4, 0.5) is 0 Å². The van der Waals surface area contributed by atoms with Crippen LogP contribution in [0.3, 0.4) is 0 Å². The number of esters is 1. The van der Waals surface area contributed by atoms with Crippen LogP contribution >= 0.6 is 0 Å². The number of rotatable bonds is 4. The van der Waals surface area contributed by atoms with Crippen molar-refractivity contribution < 1.29 is 9.53 Å². The highest BCUT2D eigenvalue weighted by Gasteiger charge is 2.08. The van der Waals surface area contributed by atoms with Gasteiger partial charge in [-0.2, -0.15) is 0 Å². The zero-order valence-corrected chi connectivity index (χ0v) is 9.54. The fraction of sp³-hybridized carbons (Fsp3) is 0.250. The van der Waals surface area contributed by atoms with E-state index in [1.165, 1.54) is 0 Å². The third kappa shape index (κ3) is 2.90. The Morgan fingerprint density at radius 1 is 1.35 bits per heavy atom. The number of aromatic nitrogens is 3. The second-order valence-corrected chi connectivity index (χ2v) is 3.47. The summed E-state index contributed by atoms with van der Waals surface area (Å²) in [6.45, 7) is 2.16. The van der Waals surface area contributed by atoms with E-state index in [4.69, 9.17) is 4.74 Å². The number of ether oxygens (including phenoxy) is 1. The molecule has 0 fully saturated rings. The molecule has 0 aliphatic carbocycles. The highest BCUT2D eigenvalue weighted by atomic mass is 16.5. The van der Waals surface area contributed by atoms with E-state index in [-0.39, 0.29) is 12.4 Å². The number of carbonyl (C=O) groups is 1. The Labute approximate surface area is 99.0 Å². The van der Waals surface area contributed by atoms with Crippen molar-refractivity contribution in [2.24, 2.45) is 0 Å². The standard InChI is InChI=1S/C12H13N3O2/c1-2-17-12(16)8-10-9-15(14-13-10)11-6-4-3-5-7-11/h3-7,9H,2,8H2,1H3. The van der Waals surface area contributed by atoms with Crippen molar-refractivity contribution >= 4 is 5.97 Å². The van der Waals surface area contributed by atoms with Crippen molar-refractivity contribution in [2.75, 3.05) is 6.61 Å². The minimum atomic E-state index is -0.285. The maximum Gasteiger partial charge on any atom is 0.311 e. The van der Waals surface area contributed by atoms with E-state index in [0.717, 1.165) is 5.69 Å². The number of hydrogen-bond acceptors (Lipinski definition) is 4. The van der Waals surface area contributed by atoms with Crippen molar-refractivity contribution in [3.05, 3.63) is 42.2 Å². The Bertz CT molecular complexity index is 493. The first-order chi connectivity index (χ1) is 8.29. The molecule has 0 atom stereocenters. The molecule has 1 aromatic heterocycles. The van der Waals surface area contributed by atoms with Gasteiger partial charge in [0, 0.05) is 0 Å². The molecule has 0 N–H and O–H groups in total. The SMILES string of the molecule is CCOC(=O)Cc1cn(-c2ccccc2)nn1. The van der Waals surface area contributed by atoms with Crippen LogP contribution in [0.2, 0.25) is 0 Å². The quantitative estimate of drug-likeness (QED) is 0.746. The van der Waals surface area contributed by atoms with Crippen LogP contribution in [0, 0.1) is 0 Å². The third-order valence-electron chi connectivity index (χ3n) is 2.19. The zero-order valence-electron chi connectivity index (χ0n) is 9.54. The minimum absolute atomic E-state index is 0.153. The molecule has 2 rings (SSSR count). The molecule has 0 saturated heterocycles. The molecule has 17 heavy (non-hydrogen) atoms. The molecule has 0 saturated carbocycles. The van der Waals surface area contributed by atoms with E-state index in [2.05, 4.69) is 10.3 Å². The molecular weight excluding hydrogens is 218 g/mol. The van der Waals surface area contributed by atoms with E-state index in [1.54, 1.807) is 17.8 Å². The average molecular weight is 231 g/mol. The predicted molar refractivity (Wildman–Crippen MR) is 61.7 cm³/mol. The minimum Gasteiger partial charge on any atom is -0.466 e.